The van der Waals surface area contributed by atoms with Crippen molar-refractivity contribution < 1.29 is 52.2 Å². The molecule has 17 heteroatoms. The molecule has 2 aliphatic rings. The fourth-order valence-electron chi connectivity index (χ4n) is 5.07. The number of carbonyl (C=O) groups excluding carboxylic acids is 1. The first-order valence-corrected chi connectivity index (χ1v) is 14.1. The molecule has 1 aromatic heterocycles. The van der Waals surface area contributed by atoms with Crippen molar-refractivity contribution in [2.45, 2.75) is 42.2 Å². The molecule has 1 saturated heterocycles. The van der Waals surface area contributed by atoms with E-state index in [-0.39, 0.29) is 27.5 Å². The van der Waals surface area contributed by atoms with Crippen molar-refractivity contribution in [3.05, 3.63) is 59.4 Å². The van der Waals surface area contributed by atoms with Gasteiger partial charge >= 0.3 is 31.2 Å². The van der Waals surface area contributed by atoms with Gasteiger partial charge in [0.05, 0.1) is 11.0 Å². The lowest BCUT2D eigenvalue weighted by Crippen LogP contribution is -2.46. The molecule has 2 heterocycles. The molecule has 2 atom stereocenters. The number of likely N-dealkylation sites (tertiary alicyclic amines) is 1. The molecule has 0 unspecified atom stereocenters. The van der Waals surface area contributed by atoms with Gasteiger partial charge in [0.25, 0.3) is 5.91 Å². The molecule has 3 aromatic rings. The number of halogens is 6. The average molecular weight is 598 g/mol. The molecular formula is C22H17F6N3O6S2. The third-order valence-electron chi connectivity index (χ3n) is 6.79. The van der Waals surface area contributed by atoms with Crippen molar-refractivity contribution >= 4 is 37.1 Å². The van der Waals surface area contributed by atoms with Gasteiger partial charge in [0.2, 0.25) is 0 Å². The van der Waals surface area contributed by atoms with Gasteiger partial charge in [-0.3, -0.25) is 4.79 Å². The highest BCUT2D eigenvalue weighted by molar-refractivity contribution is 7.91. The van der Waals surface area contributed by atoms with Gasteiger partial charge in [-0.2, -0.15) is 43.2 Å². The third kappa shape index (κ3) is 4.50. The zero-order valence-corrected chi connectivity index (χ0v) is 21.0. The minimum absolute atomic E-state index is 0.0416. The van der Waals surface area contributed by atoms with Crippen molar-refractivity contribution in [3.8, 4) is 5.75 Å². The lowest BCUT2D eigenvalue weighted by molar-refractivity contribution is -0.0500. The highest BCUT2D eigenvalue weighted by Gasteiger charge is 2.49. The Morgan fingerprint density at radius 2 is 1.69 bits per heavy atom. The lowest BCUT2D eigenvalue weighted by atomic mass is 9.88. The second-order valence-electron chi connectivity index (χ2n) is 9.06. The molecule has 2 aromatic carbocycles. The van der Waals surface area contributed by atoms with Gasteiger partial charge in [-0.05, 0) is 60.7 Å². The molecule has 5 rings (SSSR count). The number of carbonyl (C=O) groups is 1. The highest BCUT2D eigenvalue weighted by atomic mass is 32.2. The Kier molecular flexibility index (Phi) is 6.17. The van der Waals surface area contributed by atoms with Crippen LogP contribution in [0.25, 0.3) is 11.0 Å². The number of rotatable bonds is 4. The topological polar surface area (TPSA) is 116 Å². The normalized spacial score (nSPS) is 20.1. The van der Waals surface area contributed by atoms with E-state index in [1.165, 1.54) is 29.2 Å². The molecule has 0 spiro atoms. The number of hydrogen-bond acceptors (Lipinski definition) is 7. The number of amides is 1. The van der Waals surface area contributed by atoms with E-state index in [1.54, 1.807) is 0 Å². The van der Waals surface area contributed by atoms with Crippen LogP contribution in [0.15, 0.2) is 42.7 Å². The number of aromatic nitrogens is 2. The summed E-state index contributed by atoms with van der Waals surface area (Å²) in [5.41, 5.74) is -10.6. The van der Waals surface area contributed by atoms with Gasteiger partial charge in [0.1, 0.15) is 12.1 Å². The molecule has 210 valence electrons. The number of hydrogen-bond donors (Lipinski definition) is 0. The second kappa shape index (κ2) is 8.84. The monoisotopic (exact) mass is 597 g/mol. The van der Waals surface area contributed by atoms with Gasteiger partial charge in [-0.15, -0.1) is 0 Å². The quantitative estimate of drug-likeness (QED) is 0.255. The summed E-state index contributed by atoms with van der Waals surface area (Å²) < 4.78 is 128. The second-order valence-corrected chi connectivity index (χ2v) is 12.4. The standard InChI is InChI=1S/C22H17F6N3O6S2/c23-21(24,25)38(33,34)31-11-29-17-6-4-13(9-19(17)31)20(32)30-7-1-2-15-16-10-14(5-3-12(16)8-18(15)30)37-39(35,36)22(26,27)28/h3-6,9-11,15,18H,1-2,7-8H2/t15-,18+/m0/s1. The third-order valence-corrected chi connectivity index (χ3v) is 9.16. The van der Waals surface area contributed by atoms with E-state index in [0.717, 1.165) is 12.1 Å². The first-order chi connectivity index (χ1) is 18.0. The predicted molar refractivity (Wildman–Crippen MR) is 123 cm³/mol. The fourth-order valence-corrected chi connectivity index (χ4v) is 6.32. The Labute approximate surface area is 217 Å². The lowest BCUT2D eigenvalue weighted by Gasteiger charge is -2.38. The maximum Gasteiger partial charge on any atom is 0.534 e. The Balaban J connectivity index is 1.44. The Hall–Kier alpha value is -3.34. The Morgan fingerprint density at radius 1 is 0.974 bits per heavy atom. The van der Waals surface area contributed by atoms with Crippen molar-refractivity contribution in [2.24, 2.45) is 0 Å². The van der Waals surface area contributed by atoms with Crippen molar-refractivity contribution in [3.63, 3.8) is 0 Å². The summed E-state index contributed by atoms with van der Waals surface area (Å²) in [6, 6.07) is 6.77. The van der Waals surface area contributed by atoms with Gasteiger partial charge in [-0.1, -0.05) is 6.07 Å². The maximum absolute atomic E-state index is 13.5. The van der Waals surface area contributed by atoms with Gasteiger partial charge in [0, 0.05) is 24.1 Å². The maximum atomic E-state index is 13.5. The molecule has 1 amide bonds. The summed E-state index contributed by atoms with van der Waals surface area (Å²) in [5.74, 6) is -1.48. The Bertz CT molecular complexity index is 1700. The SMILES string of the molecule is O=C(c1ccc2ncn(S(=O)(=O)C(F)(F)F)c2c1)N1CCC[C@H]2c3cc(OS(=O)(=O)C(F)(F)F)ccc3C[C@H]21. The smallest absolute Gasteiger partial charge is 0.376 e. The van der Waals surface area contributed by atoms with E-state index in [2.05, 4.69) is 9.17 Å². The summed E-state index contributed by atoms with van der Waals surface area (Å²) in [7, 11) is -11.7. The van der Waals surface area contributed by atoms with Crippen LogP contribution in [0, 0.1) is 0 Å². The van der Waals surface area contributed by atoms with Crippen LogP contribution in [0.4, 0.5) is 26.3 Å². The van der Waals surface area contributed by atoms with Crippen LogP contribution in [-0.4, -0.2) is 60.2 Å². The van der Waals surface area contributed by atoms with E-state index >= 15 is 0 Å². The molecule has 39 heavy (non-hydrogen) atoms. The van der Waals surface area contributed by atoms with Crippen LogP contribution < -0.4 is 4.18 Å². The fraction of sp³-hybridized carbons (Fsp3) is 0.364. The first-order valence-electron chi connectivity index (χ1n) is 11.2. The van der Waals surface area contributed by atoms with Crippen LogP contribution in [0.2, 0.25) is 0 Å². The molecule has 0 saturated carbocycles. The van der Waals surface area contributed by atoms with Gasteiger partial charge in [-0.25, -0.2) is 8.96 Å². The number of imidazole rings is 1. The number of nitrogens with zero attached hydrogens (tertiary/aromatic N) is 3. The average Bonchev–Trinajstić information content (AvgIpc) is 3.43. The minimum Gasteiger partial charge on any atom is -0.376 e. The van der Waals surface area contributed by atoms with Crippen LogP contribution >= 0.6 is 0 Å². The highest BCUT2D eigenvalue weighted by Crippen LogP contribution is 2.44. The molecule has 9 nitrogen and oxygen atoms in total. The molecule has 1 aliphatic carbocycles. The summed E-state index contributed by atoms with van der Waals surface area (Å²) in [5, 5.41) is 0. The van der Waals surface area contributed by atoms with E-state index in [9.17, 15) is 48.0 Å². The minimum atomic E-state index is -5.88. The first kappa shape index (κ1) is 27.2. The molecule has 0 bridgehead atoms. The predicted octanol–water partition coefficient (Wildman–Crippen LogP) is 3.91. The van der Waals surface area contributed by atoms with E-state index in [1.807, 2.05) is 0 Å². The summed E-state index contributed by atoms with van der Waals surface area (Å²) in [6.45, 7) is 0.262. The summed E-state index contributed by atoms with van der Waals surface area (Å²) >= 11 is 0. The Morgan fingerprint density at radius 3 is 2.36 bits per heavy atom. The number of fused-ring (bicyclic) bond motifs is 4. The largest absolute Gasteiger partial charge is 0.534 e. The zero-order chi connectivity index (χ0) is 28.5. The number of piperidine rings is 1. The van der Waals surface area contributed by atoms with Gasteiger partial charge < -0.3 is 9.08 Å². The van der Waals surface area contributed by atoms with Crippen LogP contribution in [0.1, 0.15) is 40.2 Å². The van der Waals surface area contributed by atoms with Crippen LogP contribution in [0.5, 0.6) is 5.75 Å². The molecule has 0 N–H and O–H groups in total. The van der Waals surface area contributed by atoms with E-state index < -0.39 is 54.4 Å². The summed E-state index contributed by atoms with van der Waals surface area (Å²) in [6.07, 6.45) is 1.80. The number of alkyl halides is 6. The summed E-state index contributed by atoms with van der Waals surface area (Å²) in [4.78, 5) is 18.6. The molecule has 1 aliphatic heterocycles. The van der Waals surface area contributed by atoms with Crippen LogP contribution in [0.3, 0.4) is 0 Å². The zero-order valence-electron chi connectivity index (χ0n) is 19.4. The van der Waals surface area contributed by atoms with Crippen molar-refractivity contribution in [1.82, 2.24) is 13.9 Å². The number of benzene rings is 2. The van der Waals surface area contributed by atoms with Crippen LogP contribution in [-0.2, 0) is 26.6 Å². The van der Waals surface area contributed by atoms with Crippen molar-refractivity contribution in [2.75, 3.05) is 6.54 Å². The molecule has 0 radical (unpaired) electrons. The molecule has 1 fully saturated rings. The van der Waals surface area contributed by atoms with E-state index in [4.69, 9.17) is 0 Å². The molecular weight excluding hydrogens is 580 g/mol. The van der Waals surface area contributed by atoms with E-state index in [0.29, 0.717) is 36.7 Å². The van der Waals surface area contributed by atoms with Crippen molar-refractivity contribution in [1.29, 1.82) is 0 Å². The van der Waals surface area contributed by atoms with Gasteiger partial charge in [0.15, 0.2) is 0 Å².